The van der Waals surface area contributed by atoms with E-state index in [0.717, 1.165) is 11.9 Å². The number of aromatic nitrogens is 1. The van der Waals surface area contributed by atoms with Gasteiger partial charge >= 0.3 is 0 Å². The maximum atomic E-state index is 4.76. The van der Waals surface area contributed by atoms with Gasteiger partial charge in [-0.2, -0.15) is 0 Å². The number of unbranched alkanes of at least 4 members (excludes halogenated alkanes) is 10. The number of hydrogen-bond donors (Lipinski definition) is 0. The highest BCUT2D eigenvalue weighted by atomic mass is 14.7. The fourth-order valence-corrected chi connectivity index (χ4v) is 3.22. The van der Waals surface area contributed by atoms with Crippen LogP contribution in [-0.4, -0.2) is 4.98 Å². The number of nitrogens with zero attached hydrogens (tertiary/aromatic N) is 1. The van der Waals surface area contributed by atoms with E-state index in [0.29, 0.717) is 0 Å². The molecule has 0 saturated carbocycles. The third-order valence-electron chi connectivity index (χ3n) is 4.69. The molecule has 126 valence electrons. The molecule has 2 rings (SSSR count). The number of aryl methyl sites for hydroxylation is 1. The Morgan fingerprint density at radius 2 is 1.26 bits per heavy atom. The van der Waals surface area contributed by atoms with Crippen molar-refractivity contribution in [1.29, 1.82) is 0 Å². The molecule has 0 aliphatic rings. The molecule has 0 N–H and O–H groups in total. The van der Waals surface area contributed by atoms with Crippen molar-refractivity contribution in [2.24, 2.45) is 0 Å². The summed E-state index contributed by atoms with van der Waals surface area (Å²) in [7, 11) is 0. The van der Waals surface area contributed by atoms with Gasteiger partial charge in [0.2, 0.25) is 0 Å². The normalized spacial score (nSPS) is 11.2. The number of rotatable bonds is 12. The van der Waals surface area contributed by atoms with E-state index in [9.17, 15) is 0 Å². The molecule has 2 aromatic rings. The highest BCUT2D eigenvalue weighted by molar-refractivity contribution is 5.78. The van der Waals surface area contributed by atoms with Gasteiger partial charge in [0.05, 0.1) is 5.52 Å². The molecular formula is C22H33N. The molecule has 0 spiro atoms. The molecule has 1 nitrogen and oxygen atoms in total. The van der Waals surface area contributed by atoms with Crippen molar-refractivity contribution in [2.45, 2.75) is 84.0 Å². The molecular weight excluding hydrogens is 278 g/mol. The molecule has 0 fully saturated rings. The van der Waals surface area contributed by atoms with E-state index < -0.39 is 0 Å². The minimum absolute atomic E-state index is 1.13. The molecule has 0 saturated heterocycles. The Hall–Kier alpha value is -1.37. The van der Waals surface area contributed by atoms with Crippen molar-refractivity contribution in [2.75, 3.05) is 0 Å². The molecule has 0 unspecified atom stereocenters. The lowest BCUT2D eigenvalue weighted by atomic mass is 10.0. The fourth-order valence-electron chi connectivity index (χ4n) is 3.22. The average molecular weight is 312 g/mol. The lowest BCUT2D eigenvalue weighted by Crippen LogP contribution is -1.91. The van der Waals surface area contributed by atoms with E-state index in [-0.39, 0.29) is 0 Å². The maximum Gasteiger partial charge on any atom is 0.0705 e. The molecule has 0 radical (unpaired) electrons. The summed E-state index contributed by atoms with van der Waals surface area (Å²) in [5.41, 5.74) is 2.38. The van der Waals surface area contributed by atoms with Crippen molar-refractivity contribution >= 4 is 10.9 Å². The fraction of sp³-hybridized carbons (Fsp3) is 0.591. The lowest BCUT2D eigenvalue weighted by Gasteiger charge is -2.04. The van der Waals surface area contributed by atoms with E-state index >= 15 is 0 Å². The van der Waals surface area contributed by atoms with E-state index in [1.54, 1.807) is 0 Å². The van der Waals surface area contributed by atoms with Gasteiger partial charge in [-0.05, 0) is 25.0 Å². The smallest absolute Gasteiger partial charge is 0.0705 e. The van der Waals surface area contributed by atoms with Crippen LogP contribution in [0, 0.1) is 0 Å². The zero-order valence-corrected chi connectivity index (χ0v) is 14.9. The number of hydrogen-bond acceptors (Lipinski definition) is 1. The summed E-state index contributed by atoms with van der Waals surface area (Å²) in [4.78, 5) is 4.76. The predicted molar refractivity (Wildman–Crippen MR) is 102 cm³/mol. The molecule has 0 aliphatic heterocycles. The first-order chi connectivity index (χ1) is 11.4. The molecule has 0 bridgehead atoms. The van der Waals surface area contributed by atoms with Crippen LogP contribution in [0.3, 0.4) is 0 Å². The van der Waals surface area contributed by atoms with Gasteiger partial charge in [-0.15, -0.1) is 0 Å². The third kappa shape index (κ3) is 7.16. The van der Waals surface area contributed by atoms with Crippen LogP contribution in [0.1, 0.15) is 83.2 Å². The summed E-state index contributed by atoms with van der Waals surface area (Å²) in [6.45, 7) is 2.29. The molecule has 0 aliphatic carbocycles. The second kappa shape index (κ2) is 11.2. The van der Waals surface area contributed by atoms with Gasteiger partial charge in [0, 0.05) is 11.1 Å². The monoisotopic (exact) mass is 311 g/mol. The van der Waals surface area contributed by atoms with Crippen LogP contribution >= 0.6 is 0 Å². The van der Waals surface area contributed by atoms with Gasteiger partial charge in [0.15, 0.2) is 0 Å². The largest absolute Gasteiger partial charge is 0.253 e. The van der Waals surface area contributed by atoms with Gasteiger partial charge in [-0.25, -0.2) is 0 Å². The van der Waals surface area contributed by atoms with Crippen LogP contribution in [0.25, 0.3) is 10.9 Å². The minimum Gasteiger partial charge on any atom is -0.253 e. The Kier molecular flexibility index (Phi) is 8.76. The molecule has 1 heteroatoms. The van der Waals surface area contributed by atoms with Crippen molar-refractivity contribution in [3.8, 4) is 0 Å². The Balaban J connectivity index is 1.50. The van der Waals surface area contributed by atoms with E-state index in [2.05, 4.69) is 43.3 Å². The summed E-state index contributed by atoms with van der Waals surface area (Å²) < 4.78 is 0. The van der Waals surface area contributed by atoms with E-state index in [1.165, 1.54) is 81.7 Å². The van der Waals surface area contributed by atoms with Crippen LogP contribution in [0.2, 0.25) is 0 Å². The number of benzene rings is 1. The predicted octanol–water partition coefficient (Wildman–Crippen LogP) is 7.09. The Labute approximate surface area is 142 Å². The summed E-state index contributed by atoms with van der Waals surface area (Å²) in [5.74, 6) is 0. The van der Waals surface area contributed by atoms with Crippen LogP contribution in [0.15, 0.2) is 36.4 Å². The third-order valence-corrected chi connectivity index (χ3v) is 4.69. The van der Waals surface area contributed by atoms with Crippen LogP contribution < -0.4 is 0 Å². The summed E-state index contributed by atoms with van der Waals surface area (Å²) in [5, 5.41) is 1.25. The second-order valence-electron chi connectivity index (χ2n) is 6.78. The molecule has 23 heavy (non-hydrogen) atoms. The average Bonchev–Trinajstić information content (AvgIpc) is 2.59. The Morgan fingerprint density at radius 3 is 1.96 bits per heavy atom. The van der Waals surface area contributed by atoms with Gasteiger partial charge in [-0.3, -0.25) is 4.98 Å². The summed E-state index contributed by atoms with van der Waals surface area (Å²) >= 11 is 0. The van der Waals surface area contributed by atoms with Gasteiger partial charge in [0.25, 0.3) is 0 Å². The van der Waals surface area contributed by atoms with Gasteiger partial charge < -0.3 is 0 Å². The van der Waals surface area contributed by atoms with Crippen LogP contribution in [0.4, 0.5) is 0 Å². The van der Waals surface area contributed by atoms with Crippen LogP contribution in [-0.2, 0) is 6.42 Å². The number of pyridine rings is 1. The molecule has 1 aromatic carbocycles. The zero-order chi connectivity index (χ0) is 16.2. The summed E-state index contributed by atoms with van der Waals surface area (Å²) in [6, 6.07) is 12.8. The molecule has 0 atom stereocenters. The van der Waals surface area contributed by atoms with Crippen molar-refractivity contribution in [1.82, 2.24) is 4.98 Å². The first-order valence-corrected chi connectivity index (χ1v) is 9.75. The van der Waals surface area contributed by atoms with Gasteiger partial charge in [0.1, 0.15) is 0 Å². The Bertz CT molecular complexity index is 546. The SMILES string of the molecule is CCCCCCCCCCCCCc1ccc2ccccc2n1. The Morgan fingerprint density at radius 1 is 0.652 bits per heavy atom. The molecule has 1 heterocycles. The first-order valence-electron chi connectivity index (χ1n) is 9.75. The zero-order valence-electron chi connectivity index (χ0n) is 14.9. The minimum atomic E-state index is 1.13. The second-order valence-corrected chi connectivity index (χ2v) is 6.78. The first kappa shape index (κ1) is 18.0. The number of fused-ring (bicyclic) bond motifs is 1. The highest BCUT2D eigenvalue weighted by Crippen LogP contribution is 2.15. The van der Waals surface area contributed by atoms with Crippen molar-refractivity contribution in [3.05, 3.63) is 42.1 Å². The number of para-hydroxylation sites is 1. The lowest BCUT2D eigenvalue weighted by molar-refractivity contribution is 0.549. The highest BCUT2D eigenvalue weighted by Gasteiger charge is 1.98. The maximum absolute atomic E-state index is 4.76. The summed E-state index contributed by atoms with van der Waals surface area (Å²) in [6.07, 6.45) is 16.5. The molecule has 0 amide bonds. The van der Waals surface area contributed by atoms with E-state index in [1.807, 2.05) is 0 Å². The van der Waals surface area contributed by atoms with Crippen molar-refractivity contribution < 1.29 is 0 Å². The van der Waals surface area contributed by atoms with Crippen LogP contribution in [0.5, 0.6) is 0 Å². The topological polar surface area (TPSA) is 12.9 Å². The van der Waals surface area contributed by atoms with E-state index in [4.69, 9.17) is 4.98 Å². The quantitative estimate of drug-likeness (QED) is 0.381. The van der Waals surface area contributed by atoms with Crippen molar-refractivity contribution in [3.63, 3.8) is 0 Å². The van der Waals surface area contributed by atoms with Gasteiger partial charge in [-0.1, -0.05) is 95.4 Å². The standard InChI is InChI=1S/C22H33N/c1-2-3-4-5-6-7-8-9-10-11-12-16-21-19-18-20-15-13-14-17-22(20)23-21/h13-15,17-19H,2-12,16H2,1H3. The molecule has 1 aromatic heterocycles.